The Labute approximate surface area is 99.1 Å². The zero-order valence-corrected chi connectivity index (χ0v) is 9.18. The number of aromatic nitrogens is 1. The molecule has 17 heavy (non-hydrogen) atoms. The molecule has 1 heterocycles. The predicted octanol–water partition coefficient (Wildman–Crippen LogP) is 3.05. The summed E-state index contributed by atoms with van der Waals surface area (Å²) in [5.41, 5.74) is 2.58. The predicted molar refractivity (Wildman–Crippen MR) is 65.8 cm³/mol. The maximum Gasteiger partial charge on any atom is 0.126 e. The van der Waals surface area contributed by atoms with Crippen LogP contribution in [-0.2, 0) is 0 Å². The minimum absolute atomic E-state index is 0.546. The van der Waals surface area contributed by atoms with E-state index >= 15 is 0 Å². The average Bonchev–Trinajstić information content (AvgIpc) is 2.40. The highest BCUT2D eigenvalue weighted by atomic mass is 19.1. The lowest BCUT2D eigenvalue weighted by molar-refractivity contribution is 0.300. The Kier molecular flexibility index (Phi) is 3.62. The second kappa shape index (κ2) is 5.37. The Morgan fingerprint density at radius 3 is 2.53 bits per heavy atom. The van der Waals surface area contributed by atoms with E-state index in [1.165, 1.54) is 6.08 Å². The van der Waals surface area contributed by atoms with Crippen LogP contribution < -0.4 is 0 Å². The molecule has 0 radical (unpaired) electrons. The molecule has 3 heteroatoms. The zero-order valence-electron chi connectivity index (χ0n) is 9.18. The van der Waals surface area contributed by atoms with Crippen molar-refractivity contribution in [2.24, 2.45) is 0 Å². The number of aliphatic hydroxyl groups excluding tert-OH is 1. The van der Waals surface area contributed by atoms with Crippen LogP contribution in [0.15, 0.2) is 54.5 Å². The summed E-state index contributed by atoms with van der Waals surface area (Å²) in [5.74, 6) is -0.546. The molecule has 1 aromatic carbocycles. The topological polar surface area (TPSA) is 33.1 Å². The molecule has 0 unspecified atom stereocenters. The maximum atomic E-state index is 12.8. The van der Waals surface area contributed by atoms with Crippen molar-refractivity contribution in [2.75, 3.05) is 6.61 Å². The summed E-state index contributed by atoms with van der Waals surface area (Å²) in [6.07, 6.45) is 3.04. The fourth-order valence-corrected chi connectivity index (χ4v) is 1.51. The molecule has 0 aliphatic carbocycles. The van der Waals surface area contributed by atoms with Gasteiger partial charge in [-0.25, -0.2) is 4.39 Å². The van der Waals surface area contributed by atoms with E-state index in [-0.39, 0.29) is 0 Å². The third kappa shape index (κ3) is 2.98. The number of halogens is 1. The lowest BCUT2D eigenvalue weighted by Crippen LogP contribution is -1.84. The molecule has 2 aromatic rings. The summed E-state index contributed by atoms with van der Waals surface area (Å²) < 4.78 is 12.8. The van der Waals surface area contributed by atoms with Gasteiger partial charge in [-0.15, -0.1) is 0 Å². The Morgan fingerprint density at radius 1 is 1.18 bits per heavy atom. The Morgan fingerprint density at radius 2 is 1.94 bits per heavy atom. The van der Waals surface area contributed by atoms with Gasteiger partial charge in [0, 0.05) is 11.8 Å². The third-order valence-corrected chi connectivity index (χ3v) is 2.35. The summed E-state index contributed by atoms with van der Waals surface area (Å²) in [4.78, 5) is 4.23. The monoisotopic (exact) mass is 229 g/mol. The quantitative estimate of drug-likeness (QED) is 0.877. The number of benzene rings is 1. The van der Waals surface area contributed by atoms with Gasteiger partial charge >= 0.3 is 0 Å². The lowest BCUT2D eigenvalue weighted by Gasteiger charge is -2.01. The van der Waals surface area contributed by atoms with E-state index in [2.05, 4.69) is 4.98 Å². The normalized spacial score (nSPS) is 11.5. The highest BCUT2D eigenvalue weighted by molar-refractivity contribution is 5.62. The van der Waals surface area contributed by atoms with E-state index in [1.807, 2.05) is 30.3 Å². The second-order valence-corrected chi connectivity index (χ2v) is 3.59. The fourth-order valence-electron chi connectivity index (χ4n) is 1.51. The molecule has 86 valence electrons. The summed E-state index contributed by atoms with van der Waals surface area (Å²) in [5, 5.41) is 8.58. The first-order valence-electron chi connectivity index (χ1n) is 5.28. The van der Waals surface area contributed by atoms with Crippen LogP contribution in [0.25, 0.3) is 17.3 Å². The van der Waals surface area contributed by atoms with Crippen LogP contribution in [0.1, 0.15) is 5.56 Å². The average molecular weight is 229 g/mol. The number of nitrogens with zero attached hydrogens (tertiary/aromatic N) is 1. The van der Waals surface area contributed by atoms with Gasteiger partial charge in [-0.1, -0.05) is 30.3 Å². The van der Waals surface area contributed by atoms with Crippen molar-refractivity contribution < 1.29 is 9.50 Å². The summed E-state index contributed by atoms with van der Waals surface area (Å²) in [6, 6.07) is 13.0. The SMILES string of the molecule is OCC(F)=Cc1ccc(-c2ccccn2)cc1. The van der Waals surface area contributed by atoms with Gasteiger partial charge in [0.2, 0.25) is 0 Å². The van der Waals surface area contributed by atoms with Crippen molar-refractivity contribution in [3.63, 3.8) is 0 Å². The molecule has 0 fully saturated rings. The molecular formula is C14H12FNO. The lowest BCUT2D eigenvalue weighted by atomic mass is 10.1. The van der Waals surface area contributed by atoms with Gasteiger partial charge in [0.1, 0.15) is 5.83 Å². The first-order valence-corrected chi connectivity index (χ1v) is 5.28. The maximum absolute atomic E-state index is 12.8. The molecule has 0 aliphatic rings. The summed E-state index contributed by atoms with van der Waals surface area (Å²) in [6.45, 7) is -0.567. The number of pyridine rings is 1. The van der Waals surface area contributed by atoms with Crippen LogP contribution in [-0.4, -0.2) is 16.7 Å². The molecule has 1 N–H and O–H groups in total. The molecular weight excluding hydrogens is 217 g/mol. The van der Waals surface area contributed by atoms with Crippen molar-refractivity contribution in [1.82, 2.24) is 4.98 Å². The van der Waals surface area contributed by atoms with E-state index in [1.54, 1.807) is 18.3 Å². The Hall–Kier alpha value is -2.00. The van der Waals surface area contributed by atoms with E-state index in [0.717, 1.165) is 16.8 Å². The van der Waals surface area contributed by atoms with Gasteiger partial charge < -0.3 is 5.11 Å². The van der Waals surface area contributed by atoms with Gasteiger partial charge in [-0.3, -0.25) is 4.98 Å². The van der Waals surface area contributed by atoms with Crippen molar-refractivity contribution in [3.05, 3.63) is 60.1 Å². The molecule has 1 aromatic heterocycles. The van der Waals surface area contributed by atoms with Crippen molar-refractivity contribution in [3.8, 4) is 11.3 Å². The fraction of sp³-hybridized carbons (Fsp3) is 0.0714. The van der Waals surface area contributed by atoms with Gasteiger partial charge in [0.25, 0.3) is 0 Å². The molecule has 0 saturated heterocycles. The van der Waals surface area contributed by atoms with E-state index < -0.39 is 12.4 Å². The van der Waals surface area contributed by atoms with E-state index in [4.69, 9.17) is 5.11 Å². The minimum atomic E-state index is -0.567. The summed E-state index contributed by atoms with van der Waals surface area (Å²) in [7, 11) is 0. The van der Waals surface area contributed by atoms with E-state index in [9.17, 15) is 4.39 Å². The second-order valence-electron chi connectivity index (χ2n) is 3.59. The van der Waals surface area contributed by atoms with Crippen LogP contribution >= 0.6 is 0 Å². The van der Waals surface area contributed by atoms with Gasteiger partial charge in [0.05, 0.1) is 12.3 Å². The molecule has 0 amide bonds. The van der Waals surface area contributed by atoms with Crippen LogP contribution in [0.3, 0.4) is 0 Å². The smallest absolute Gasteiger partial charge is 0.126 e. The highest BCUT2D eigenvalue weighted by Gasteiger charge is 1.98. The molecule has 0 atom stereocenters. The number of hydrogen-bond acceptors (Lipinski definition) is 2. The van der Waals surface area contributed by atoms with Gasteiger partial charge in [-0.2, -0.15) is 0 Å². The standard InChI is InChI=1S/C14H12FNO/c15-13(10-17)9-11-4-6-12(7-5-11)14-3-1-2-8-16-14/h1-9,17H,10H2. The number of hydrogen-bond donors (Lipinski definition) is 1. The van der Waals surface area contributed by atoms with Crippen LogP contribution in [0, 0.1) is 0 Å². The van der Waals surface area contributed by atoms with Crippen molar-refractivity contribution >= 4 is 6.08 Å². The Bertz CT molecular complexity index is 506. The molecule has 0 bridgehead atoms. The van der Waals surface area contributed by atoms with Gasteiger partial charge in [-0.05, 0) is 23.8 Å². The summed E-state index contributed by atoms with van der Waals surface area (Å²) >= 11 is 0. The molecule has 0 spiro atoms. The molecule has 2 nitrogen and oxygen atoms in total. The van der Waals surface area contributed by atoms with Crippen molar-refractivity contribution in [2.45, 2.75) is 0 Å². The molecule has 2 rings (SSSR count). The van der Waals surface area contributed by atoms with Crippen LogP contribution in [0.4, 0.5) is 4.39 Å². The minimum Gasteiger partial charge on any atom is -0.389 e. The zero-order chi connectivity index (χ0) is 12.1. The number of rotatable bonds is 3. The van der Waals surface area contributed by atoms with Gasteiger partial charge in [0.15, 0.2) is 0 Å². The highest BCUT2D eigenvalue weighted by Crippen LogP contribution is 2.18. The molecule has 0 saturated carbocycles. The third-order valence-electron chi connectivity index (χ3n) is 2.35. The number of aliphatic hydroxyl groups is 1. The van der Waals surface area contributed by atoms with Crippen LogP contribution in [0.2, 0.25) is 0 Å². The van der Waals surface area contributed by atoms with Crippen LogP contribution in [0.5, 0.6) is 0 Å². The first kappa shape index (κ1) is 11.5. The van der Waals surface area contributed by atoms with E-state index in [0.29, 0.717) is 0 Å². The Balaban J connectivity index is 2.25. The first-order chi connectivity index (χ1) is 8.29. The molecule has 0 aliphatic heterocycles. The van der Waals surface area contributed by atoms with Crippen molar-refractivity contribution in [1.29, 1.82) is 0 Å². The largest absolute Gasteiger partial charge is 0.389 e.